The Kier molecular flexibility index (Phi) is 3.98. The molecule has 0 spiro atoms. The van der Waals surface area contributed by atoms with Gasteiger partial charge in [-0.2, -0.15) is 0 Å². The number of anilines is 1. The van der Waals surface area contributed by atoms with Gasteiger partial charge >= 0.3 is 0 Å². The number of carbonyl (C=O) groups is 1. The fourth-order valence-electron chi connectivity index (χ4n) is 2.96. The summed E-state index contributed by atoms with van der Waals surface area (Å²) < 4.78 is 0. The van der Waals surface area contributed by atoms with Crippen molar-refractivity contribution in [3.63, 3.8) is 0 Å². The molecule has 4 heteroatoms. The van der Waals surface area contributed by atoms with Gasteiger partial charge in [0.15, 0.2) is 0 Å². The van der Waals surface area contributed by atoms with Crippen molar-refractivity contribution in [3.8, 4) is 5.75 Å². The van der Waals surface area contributed by atoms with E-state index < -0.39 is 0 Å². The number of amides is 1. The monoisotopic (exact) mass is 262 g/mol. The summed E-state index contributed by atoms with van der Waals surface area (Å²) in [5, 5.41) is 12.6. The predicted octanol–water partition coefficient (Wildman–Crippen LogP) is 2.53. The van der Waals surface area contributed by atoms with Gasteiger partial charge < -0.3 is 16.2 Å². The van der Waals surface area contributed by atoms with Crippen molar-refractivity contribution in [1.29, 1.82) is 0 Å². The highest BCUT2D eigenvalue weighted by molar-refractivity contribution is 5.95. The average Bonchev–Trinajstić information content (AvgIpc) is 2.73. The van der Waals surface area contributed by atoms with E-state index in [-0.39, 0.29) is 23.4 Å². The zero-order valence-corrected chi connectivity index (χ0v) is 11.5. The first-order chi connectivity index (χ1) is 9.02. The normalized spacial score (nSPS) is 26.3. The van der Waals surface area contributed by atoms with Crippen LogP contribution in [0.5, 0.6) is 5.75 Å². The fraction of sp³-hybridized carbons (Fsp3) is 0.533. The van der Waals surface area contributed by atoms with Gasteiger partial charge in [-0.1, -0.05) is 20.3 Å². The minimum absolute atomic E-state index is 0.0430. The highest BCUT2D eigenvalue weighted by Crippen LogP contribution is 2.34. The summed E-state index contributed by atoms with van der Waals surface area (Å²) in [6.07, 6.45) is 3.37. The molecule has 1 aromatic carbocycles. The molecular weight excluding hydrogens is 240 g/mol. The van der Waals surface area contributed by atoms with Gasteiger partial charge in [0, 0.05) is 11.6 Å². The molecule has 19 heavy (non-hydrogen) atoms. The topological polar surface area (TPSA) is 75.4 Å². The van der Waals surface area contributed by atoms with Gasteiger partial charge in [-0.15, -0.1) is 0 Å². The molecule has 2 rings (SSSR count). The first-order valence-electron chi connectivity index (χ1n) is 6.92. The number of nitrogen functional groups attached to an aromatic ring is 1. The molecule has 3 unspecified atom stereocenters. The maximum atomic E-state index is 12.1. The van der Waals surface area contributed by atoms with Crippen LogP contribution in [-0.4, -0.2) is 17.1 Å². The van der Waals surface area contributed by atoms with Crippen LogP contribution in [0.2, 0.25) is 0 Å². The van der Waals surface area contributed by atoms with Gasteiger partial charge in [0.05, 0.1) is 5.69 Å². The Morgan fingerprint density at radius 2 is 2.21 bits per heavy atom. The second-order valence-electron chi connectivity index (χ2n) is 5.46. The van der Waals surface area contributed by atoms with Gasteiger partial charge in [0.25, 0.3) is 5.91 Å². The number of benzene rings is 1. The molecule has 1 amide bonds. The Morgan fingerprint density at radius 3 is 2.79 bits per heavy atom. The van der Waals surface area contributed by atoms with Crippen molar-refractivity contribution >= 4 is 11.6 Å². The van der Waals surface area contributed by atoms with Gasteiger partial charge in [0.1, 0.15) is 5.75 Å². The van der Waals surface area contributed by atoms with Crippen LogP contribution in [0.25, 0.3) is 0 Å². The van der Waals surface area contributed by atoms with E-state index in [2.05, 4.69) is 19.2 Å². The number of carbonyl (C=O) groups excluding carboxylic acids is 1. The molecule has 104 valence electrons. The van der Waals surface area contributed by atoms with E-state index in [1.54, 1.807) is 12.1 Å². The Bertz CT molecular complexity index is 473. The van der Waals surface area contributed by atoms with Crippen molar-refractivity contribution in [1.82, 2.24) is 5.32 Å². The van der Waals surface area contributed by atoms with Crippen molar-refractivity contribution < 1.29 is 9.90 Å². The Morgan fingerprint density at radius 1 is 1.47 bits per heavy atom. The Hall–Kier alpha value is -1.71. The molecule has 0 bridgehead atoms. The lowest BCUT2D eigenvalue weighted by atomic mass is 9.93. The number of nitrogens with two attached hydrogens (primary N) is 1. The van der Waals surface area contributed by atoms with Crippen molar-refractivity contribution in [2.24, 2.45) is 11.8 Å². The van der Waals surface area contributed by atoms with E-state index in [1.807, 2.05) is 0 Å². The Balaban J connectivity index is 2.03. The summed E-state index contributed by atoms with van der Waals surface area (Å²) in [5.41, 5.74) is 6.28. The summed E-state index contributed by atoms with van der Waals surface area (Å²) in [6, 6.07) is 4.84. The van der Waals surface area contributed by atoms with Crippen LogP contribution < -0.4 is 11.1 Å². The number of nitrogens with one attached hydrogen (secondary N) is 1. The number of aromatic hydroxyl groups is 1. The van der Waals surface area contributed by atoms with Crippen LogP contribution in [0, 0.1) is 11.8 Å². The van der Waals surface area contributed by atoms with Crippen LogP contribution in [0.3, 0.4) is 0 Å². The molecule has 1 aromatic rings. The molecule has 0 saturated heterocycles. The molecule has 0 heterocycles. The SMILES string of the molecule is CCC1CCC(NC(=O)c2ccc(N)c(O)c2)C1C. The maximum Gasteiger partial charge on any atom is 0.251 e. The smallest absolute Gasteiger partial charge is 0.251 e. The summed E-state index contributed by atoms with van der Waals surface area (Å²) in [4.78, 5) is 12.1. The van der Waals surface area contributed by atoms with E-state index in [1.165, 1.54) is 12.5 Å². The molecule has 1 aliphatic rings. The zero-order valence-electron chi connectivity index (χ0n) is 11.5. The summed E-state index contributed by atoms with van der Waals surface area (Å²) >= 11 is 0. The lowest BCUT2D eigenvalue weighted by molar-refractivity contribution is 0.0926. The Labute approximate surface area is 114 Å². The average molecular weight is 262 g/mol. The lowest BCUT2D eigenvalue weighted by Crippen LogP contribution is -2.37. The van der Waals surface area contributed by atoms with Gasteiger partial charge in [-0.3, -0.25) is 4.79 Å². The summed E-state index contributed by atoms with van der Waals surface area (Å²) in [7, 11) is 0. The van der Waals surface area contributed by atoms with Crippen molar-refractivity contribution in [2.45, 2.75) is 39.2 Å². The van der Waals surface area contributed by atoms with Crippen molar-refractivity contribution in [3.05, 3.63) is 23.8 Å². The van der Waals surface area contributed by atoms with E-state index in [4.69, 9.17) is 5.73 Å². The highest BCUT2D eigenvalue weighted by atomic mass is 16.3. The third kappa shape index (κ3) is 2.83. The summed E-state index contributed by atoms with van der Waals surface area (Å²) in [5.74, 6) is 1.03. The van der Waals surface area contributed by atoms with Crippen LogP contribution in [0.1, 0.15) is 43.5 Å². The molecule has 3 atom stereocenters. The molecular formula is C15H22N2O2. The van der Waals surface area contributed by atoms with E-state index in [0.717, 1.165) is 12.8 Å². The number of phenolic OH excluding ortho intramolecular Hbond substituents is 1. The quantitative estimate of drug-likeness (QED) is 0.579. The zero-order chi connectivity index (χ0) is 14.0. The van der Waals surface area contributed by atoms with E-state index >= 15 is 0 Å². The predicted molar refractivity (Wildman–Crippen MR) is 76.0 cm³/mol. The van der Waals surface area contributed by atoms with Crippen LogP contribution in [0.15, 0.2) is 18.2 Å². The third-order valence-electron chi connectivity index (χ3n) is 4.36. The van der Waals surface area contributed by atoms with Crippen LogP contribution in [-0.2, 0) is 0 Å². The van der Waals surface area contributed by atoms with Gasteiger partial charge in [-0.05, 0) is 42.9 Å². The molecule has 1 fully saturated rings. The molecule has 1 aliphatic carbocycles. The lowest BCUT2D eigenvalue weighted by Gasteiger charge is -2.21. The molecule has 0 aliphatic heterocycles. The standard InChI is InChI=1S/C15H22N2O2/c1-3-10-5-7-13(9(10)2)17-15(19)11-4-6-12(16)14(18)8-11/h4,6,8-10,13,18H,3,5,7,16H2,1-2H3,(H,17,19). The summed E-state index contributed by atoms with van der Waals surface area (Å²) in [6.45, 7) is 4.40. The third-order valence-corrected chi connectivity index (χ3v) is 4.36. The molecule has 4 N–H and O–H groups in total. The number of rotatable bonds is 3. The molecule has 4 nitrogen and oxygen atoms in total. The number of phenols is 1. The fourth-order valence-corrected chi connectivity index (χ4v) is 2.96. The van der Waals surface area contributed by atoms with Crippen molar-refractivity contribution in [2.75, 3.05) is 5.73 Å². The first kappa shape index (κ1) is 13.7. The molecule has 0 radical (unpaired) electrons. The van der Waals surface area contributed by atoms with Gasteiger partial charge in [-0.25, -0.2) is 0 Å². The molecule has 0 aromatic heterocycles. The van der Waals surface area contributed by atoms with Gasteiger partial charge in [0.2, 0.25) is 0 Å². The second kappa shape index (κ2) is 5.51. The maximum absolute atomic E-state index is 12.1. The minimum Gasteiger partial charge on any atom is -0.506 e. The molecule has 1 saturated carbocycles. The minimum atomic E-state index is -0.135. The van der Waals surface area contributed by atoms with E-state index in [9.17, 15) is 9.90 Å². The largest absolute Gasteiger partial charge is 0.506 e. The number of hydrogen-bond acceptors (Lipinski definition) is 3. The van der Waals surface area contributed by atoms with E-state index in [0.29, 0.717) is 17.4 Å². The second-order valence-corrected chi connectivity index (χ2v) is 5.46. The van der Waals surface area contributed by atoms with Crippen LogP contribution in [0.4, 0.5) is 5.69 Å². The van der Waals surface area contributed by atoms with Crippen LogP contribution >= 0.6 is 0 Å². The number of hydrogen-bond donors (Lipinski definition) is 3. The first-order valence-corrected chi connectivity index (χ1v) is 6.92. The highest BCUT2D eigenvalue weighted by Gasteiger charge is 2.32.